The maximum Gasteiger partial charge on any atom is 0.331 e. The number of hydrogen-bond acceptors (Lipinski definition) is 8. The highest BCUT2D eigenvalue weighted by Crippen LogP contribution is 2.24. The molecule has 2 aliphatic carbocycles. The van der Waals surface area contributed by atoms with Crippen LogP contribution in [0.25, 0.3) is 0 Å². The van der Waals surface area contributed by atoms with Gasteiger partial charge < -0.3 is 9.47 Å². The largest absolute Gasteiger partial charge is 0.461 e. The number of rotatable bonds is 13. The Kier molecular flexibility index (Phi) is 12.3. The molecule has 0 aliphatic heterocycles. The van der Waals surface area contributed by atoms with E-state index in [-0.39, 0.29) is 19.1 Å². The number of hydrogen-bond donors (Lipinski definition) is 2. The van der Waals surface area contributed by atoms with Gasteiger partial charge in [-0.05, 0) is 38.5 Å². The Bertz CT molecular complexity index is 951. The van der Waals surface area contributed by atoms with Crippen LogP contribution in [0.15, 0.2) is 12.2 Å². The van der Waals surface area contributed by atoms with Crippen LogP contribution in [-0.2, 0) is 39.1 Å². The summed E-state index contributed by atoms with van der Waals surface area (Å²) in [5, 5.41) is -0.840. The van der Waals surface area contributed by atoms with Crippen molar-refractivity contribution >= 4 is 32.0 Å². The summed E-state index contributed by atoms with van der Waals surface area (Å²) in [5.74, 6) is -1.72. The van der Waals surface area contributed by atoms with Gasteiger partial charge in [-0.1, -0.05) is 52.4 Å². The first kappa shape index (κ1) is 30.7. The van der Waals surface area contributed by atoms with Gasteiger partial charge >= 0.3 is 11.9 Å². The van der Waals surface area contributed by atoms with E-state index >= 15 is 0 Å². The summed E-state index contributed by atoms with van der Waals surface area (Å²) in [7, 11) is -7.00. The normalized spacial score (nSPS) is 20.3. The van der Waals surface area contributed by atoms with Gasteiger partial charge in [0, 0.05) is 12.2 Å². The number of esters is 2. The minimum atomic E-state index is -3.52. The lowest BCUT2D eigenvalue weighted by Gasteiger charge is -2.27. The molecule has 0 aromatic carbocycles. The molecule has 0 aromatic heterocycles. The third kappa shape index (κ3) is 10.5. The predicted molar refractivity (Wildman–Crippen MR) is 137 cm³/mol. The number of ether oxygens (including phenoxy) is 2. The lowest BCUT2D eigenvalue weighted by Crippen LogP contribution is -2.46. The van der Waals surface area contributed by atoms with Crippen LogP contribution >= 0.6 is 0 Å². The Morgan fingerprint density at radius 2 is 1.14 bits per heavy atom. The average molecular weight is 551 g/mol. The highest BCUT2D eigenvalue weighted by Gasteiger charge is 2.31. The van der Waals surface area contributed by atoms with Gasteiger partial charge in [-0.2, -0.15) is 0 Å². The highest BCUT2D eigenvalue weighted by atomic mass is 32.2. The smallest absolute Gasteiger partial charge is 0.331 e. The quantitative estimate of drug-likeness (QED) is 0.263. The third-order valence-electron chi connectivity index (χ3n) is 6.70. The van der Waals surface area contributed by atoms with Crippen LogP contribution in [0.2, 0.25) is 0 Å². The standard InChI is InChI=1S/C24H42N2O8S2/c1-18(2)22(26-36(31,32)21-12-8-5-9-13-21)17-34-24(28)15-14-23(27)33-16-19(3)25-35(29,30)20-10-6-4-7-11-20/h14-15,18-22,25-26H,4-13,16-17H2,1-3H3/b15-14+/t19-,22+/m1/s1. The fraction of sp³-hybridized carbons (Fsp3) is 0.833. The number of carbonyl (C=O) groups excluding carboxylic acids is 2. The molecule has 0 bridgehead atoms. The molecule has 208 valence electrons. The van der Waals surface area contributed by atoms with Crippen molar-refractivity contribution in [2.24, 2.45) is 5.92 Å². The van der Waals surface area contributed by atoms with Gasteiger partial charge in [0.05, 0.1) is 22.6 Å². The zero-order valence-electron chi connectivity index (χ0n) is 21.6. The molecule has 36 heavy (non-hydrogen) atoms. The van der Waals surface area contributed by atoms with Gasteiger partial charge in [-0.15, -0.1) is 0 Å². The summed E-state index contributed by atoms with van der Waals surface area (Å²) < 4.78 is 65.7. The summed E-state index contributed by atoms with van der Waals surface area (Å²) in [4.78, 5) is 24.0. The van der Waals surface area contributed by atoms with E-state index in [4.69, 9.17) is 9.47 Å². The van der Waals surface area contributed by atoms with Crippen molar-refractivity contribution < 1.29 is 35.9 Å². The lowest BCUT2D eigenvalue weighted by molar-refractivity contribution is -0.141. The average Bonchev–Trinajstić information content (AvgIpc) is 2.84. The fourth-order valence-corrected chi connectivity index (χ4v) is 8.13. The topological polar surface area (TPSA) is 145 Å². The summed E-state index contributed by atoms with van der Waals surface area (Å²) in [6.45, 7) is 4.92. The molecule has 0 amide bonds. The molecule has 0 saturated heterocycles. The van der Waals surface area contributed by atoms with Crippen LogP contribution in [0, 0.1) is 5.92 Å². The van der Waals surface area contributed by atoms with Crippen molar-refractivity contribution in [3.8, 4) is 0 Å². The van der Waals surface area contributed by atoms with Crippen LogP contribution in [0.3, 0.4) is 0 Å². The monoisotopic (exact) mass is 550 g/mol. The second-order valence-electron chi connectivity index (χ2n) is 10.2. The van der Waals surface area contributed by atoms with Crippen molar-refractivity contribution in [2.75, 3.05) is 13.2 Å². The minimum Gasteiger partial charge on any atom is -0.461 e. The molecular formula is C24H42N2O8S2. The van der Waals surface area contributed by atoms with Crippen LogP contribution in [0.1, 0.15) is 85.0 Å². The maximum absolute atomic E-state index is 12.7. The molecule has 2 rings (SSSR count). The zero-order chi connectivity index (χ0) is 26.8. The molecule has 2 fully saturated rings. The molecule has 10 nitrogen and oxygen atoms in total. The molecule has 2 N–H and O–H groups in total. The van der Waals surface area contributed by atoms with E-state index in [1.54, 1.807) is 6.92 Å². The molecule has 0 spiro atoms. The summed E-state index contributed by atoms with van der Waals surface area (Å²) in [6, 6.07) is -1.19. The van der Waals surface area contributed by atoms with Gasteiger partial charge in [0.2, 0.25) is 20.0 Å². The molecule has 0 radical (unpaired) electrons. The van der Waals surface area contributed by atoms with E-state index in [0.717, 1.165) is 50.7 Å². The number of nitrogens with one attached hydrogen (secondary N) is 2. The molecule has 0 aromatic rings. The number of carbonyl (C=O) groups is 2. The van der Waals surface area contributed by atoms with Crippen LogP contribution in [0.5, 0.6) is 0 Å². The maximum atomic E-state index is 12.7. The van der Waals surface area contributed by atoms with E-state index in [2.05, 4.69) is 9.44 Å². The first-order chi connectivity index (χ1) is 16.9. The second-order valence-corrected chi connectivity index (χ2v) is 14.2. The van der Waals surface area contributed by atoms with Crippen molar-refractivity contribution in [1.82, 2.24) is 9.44 Å². The van der Waals surface area contributed by atoms with Crippen LogP contribution in [-0.4, -0.2) is 64.6 Å². The SMILES string of the molecule is CC(C)[C@H](COC(=O)/C=C/C(=O)OC[C@@H](C)NS(=O)(=O)C1CCCCC1)NS(=O)(=O)C1CCCCC1. The molecule has 0 unspecified atom stereocenters. The van der Waals surface area contributed by atoms with Crippen LogP contribution in [0.4, 0.5) is 0 Å². The minimum absolute atomic E-state index is 0.107. The summed E-state index contributed by atoms with van der Waals surface area (Å²) in [5.41, 5.74) is 0. The molecule has 12 heteroatoms. The Hall–Kier alpha value is -1.50. The summed E-state index contributed by atoms with van der Waals surface area (Å²) in [6.07, 6.45) is 9.98. The van der Waals surface area contributed by atoms with Crippen molar-refractivity contribution in [1.29, 1.82) is 0 Å². The number of sulfonamides is 2. The summed E-state index contributed by atoms with van der Waals surface area (Å²) >= 11 is 0. The zero-order valence-corrected chi connectivity index (χ0v) is 23.2. The van der Waals surface area contributed by atoms with Gasteiger partial charge in [0.1, 0.15) is 13.2 Å². The molecule has 0 heterocycles. The lowest BCUT2D eigenvalue weighted by atomic mass is 10.0. The predicted octanol–water partition coefficient (Wildman–Crippen LogP) is 2.55. The first-order valence-electron chi connectivity index (χ1n) is 12.9. The molecule has 2 atom stereocenters. The first-order valence-corrected chi connectivity index (χ1v) is 16.0. The van der Waals surface area contributed by atoms with E-state index < -0.39 is 54.6 Å². The molecular weight excluding hydrogens is 508 g/mol. The van der Waals surface area contributed by atoms with E-state index in [0.29, 0.717) is 25.7 Å². The Balaban J connectivity index is 1.75. The van der Waals surface area contributed by atoms with Crippen molar-refractivity contribution in [3.05, 3.63) is 12.2 Å². The van der Waals surface area contributed by atoms with E-state index in [1.165, 1.54) is 0 Å². The van der Waals surface area contributed by atoms with Crippen molar-refractivity contribution in [2.45, 2.75) is 108 Å². The Morgan fingerprint density at radius 3 is 1.58 bits per heavy atom. The van der Waals surface area contributed by atoms with Gasteiger partial charge in [0.25, 0.3) is 0 Å². The van der Waals surface area contributed by atoms with E-state index in [9.17, 15) is 26.4 Å². The molecule has 2 saturated carbocycles. The second kappa shape index (κ2) is 14.4. The van der Waals surface area contributed by atoms with E-state index in [1.807, 2.05) is 13.8 Å². The fourth-order valence-electron chi connectivity index (χ4n) is 4.44. The molecule has 2 aliphatic rings. The third-order valence-corrected chi connectivity index (χ3v) is 10.8. The van der Waals surface area contributed by atoms with Crippen molar-refractivity contribution in [3.63, 3.8) is 0 Å². The van der Waals surface area contributed by atoms with Gasteiger partial charge in [0.15, 0.2) is 0 Å². The van der Waals surface area contributed by atoms with Crippen LogP contribution < -0.4 is 9.44 Å². The van der Waals surface area contributed by atoms with Gasteiger partial charge in [-0.25, -0.2) is 35.9 Å². The Morgan fingerprint density at radius 1 is 0.722 bits per heavy atom. The Labute approximate surface area is 216 Å². The highest BCUT2D eigenvalue weighted by molar-refractivity contribution is 7.90. The van der Waals surface area contributed by atoms with Gasteiger partial charge in [-0.3, -0.25) is 0 Å².